The van der Waals surface area contributed by atoms with Gasteiger partial charge in [0.15, 0.2) is 0 Å². The predicted octanol–water partition coefficient (Wildman–Crippen LogP) is -4.32. The van der Waals surface area contributed by atoms with Crippen LogP contribution in [0.2, 0.25) is 0 Å². The van der Waals surface area contributed by atoms with Crippen LogP contribution in [0.3, 0.4) is 0 Å². The molecule has 0 heterocycles. The molecule has 0 saturated carbocycles. The Morgan fingerprint density at radius 2 is 1.17 bits per heavy atom. The summed E-state index contributed by atoms with van der Waals surface area (Å²) in [4.78, 5) is 0. The predicted molar refractivity (Wildman–Crippen MR) is 28.9 cm³/mol. The van der Waals surface area contributed by atoms with Crippen LogP contribution in [0.1, 0.15) is 1.43 Å². The van der Waals surface area contributed by atoms with Crippen LogP contribution in [0.25, 0.3) is 0 Å². The normalized spacial score (nSPS) is 4.50. The molecule has 0 aliphatic carbocycles. The molecule has 0 aliphatic heterocycles. The molecule has 0 bridgehead atoms. The molecule has 0 aromatic carbocycles. The molecule has 3 nitrogen and oxygen atoms in total. The Kier molecular flexibility index (Phi) is 27.1. The molecule has 0 aromatic rings. The van der Waals surface area contributed by atoms with Gasteiger partial charge in [0.1, 0.15) is 0 Å². The van der Waals surface area contributed by atoms with E-state index in [9.17, 15) is 0 Å². The molecule has 0 atom stereocenters. The first-order valence-corrected chi connectivity index (χ1v) is 0.775. The van der Waals surface area contributed by atoms with E-state index in [1.807, 2.05) is 0 Å². The summed E-state index contributed by atoms with van der Waals surface area (Å²) in [6, 6.07) is 0. The summed E-state index contributed by atoms with van der Waals surface area (Å²) < 4.78 is 0. The van der Waals surface area contributed by atoms with Crippen molar-refractivity contribution < 1.29 is 67.9 Å². The zero-order valence-electron chi connectivity index (χ0n) is 4.33. The van der Waals surface area contributed by atoms with Gasteiger partial charge in [-0.15, -0.1) is 24.0 Å². The number of hydrogen-bond donors (Lipinski definition) is 3. The van der Waals surface area contributed by atoms with Gasteiger partial charge in [-0.25, -0.2) is 0 Å². The molecule has 0 saturated heterocycles. The van der Waals surface area contributed by atoms with Crippen LogP contribution in [0.5, 0.6) is 0 Å². The summed E-state index contributed by atoms with van der Waals surface area (Å²) in [5.74, 6) is 0. The number of halogens is 1. The van der Waals surface area contributed by atoms with E-state index in [0.717, 1.165) is 0 Å². The molecular formula is H5BIKO3. The van der Waals surface area contributed by atoms with Gasteiger partial charge in [0.25, 0.3) is 0 Å². The molecule has 0 rings (SSSR count). The van der Waals surface area contributed by atoms with Crippen molar-refractivity contribution in [3.8, 4) is 0 Å². The first kappa shape index (κ1) is 15.7. The Balaban J connectivity index is -0.0000000150. The van der Waals surface area contributed by atoms with Gasteiger partial charge >= 0.3 is 58.7 Å². The van der Waals surface area contributed by atoms with Crippen molar-refractivity contribution in [2.75, 3.05) is 0 Å². The Labute approximate surface area is 97.2 Å². The molecular weight excluding hydrogens is 225 g/mol. The maximum absolute atomic E-state index is 7.17. The molecule has 3 N–H and O–H groups in total. The summed E-state index contributed by atoms with van der Waals surface area (Å²) >= 11 is 0. The smallest absolute Gasteiger partial charge is 1.00 e. The van der Waals surface area contributed by atoms with Crippen molar-refractivity contribution in [3.63, 3.8) is 0 Å². The zero-order chi connectivity index (χ0) is 3.58. The van der Waals surface area contributed by atoms with Crippen molar-refractivity contribution in [2.45, 2.75) is 0 Å². The van der Waals surface area contributed by atoms with E-state index in [1.54, 1.807) is 0 Å². The average molecular weight is 230 g/mol. The van der Waals surface area contributed by atoms with E-state index in [2.05, 4.69) is 0 Å². The van der Waals surface area contributed by atoms with Crippen LogP contribution < -0.4 is 51.4 Å². The minimum atomic E-state index is -2.17. The summed E-state index contributed by atoms with van der Waals surface area (Å²) in [5, 5.41) is 21.5. The Bertz CT molecular complexity index is 19.7. The first-order chi connectivity index (χ1) is 1.73. The van der Waals surface area contributed by atoms with Gasteiger partial charge in [-0.05, 0) is 0 Å². The summed E-state index contributed by atoms with van der Waals surface area (Å²) in [5.41, 5.74) is 0. The van der Waals surface area contributed by atoms with Crippen LogP contribution >= 0.6 is 24.0 Å². The number of hydrogen-bond acceptors (Lipinski definition) is 3. The van der Waals surface area contributed by atoms with E-state index < -0.39 is 7.32 Å². The van der Waals surface area contributed by atoms with E-state index >= 15 is 0 Å². The van der Waals surface area contributed by atoms with Crippen LogP contribution in [0.4, 0.5) is 0 Å². The fraction of sp³-hybridized carbons (Fsp3) is 0. The molecule has 0 amide bonds. The van der Waals surface area contributed by atoms with E-state index in [1.165, 1.54) is 0 Å². The summed E-state index contributed by atoms with van der Waals surface area (Å²) in [6.45, 7) is 0. The second kappa shape index (κ2) is 10.3. The largest absolute Gasteiger partial charge is 1.00 e. The monoisotopic (exact) mass is 230 g/mol. The molecule has 0 aliphatic rings. The van der Waals surface area contributed by atoms with Crippen LogP contribution in [-0.4, -0.2) is 22.4 Å². The third-order valence-corrected chi connectivity index (χ3v) is 0. The molecule has 0 aromatic heterocycles. The number of rotatable bonds is 0. The van der Waals surface area contributed by atoms with Gasteiger partial charge in [0.05, 0.1) is 0 Å². The van der Waals surface area contributed by atoms with E-state index in [4.69, 9.17) is 15.1 Å². The second-order valence-corrected chi connectivity index (χ2v) is 0.346. The fourth-order valence-electron chi connectivity index (χ4n) is 0. The average Bonchev–Trinajstić information content (AvgIpc) is 0.811. The van der Waals surface area contributed by atoms with Crippen LogP contribution in [0.15, 0.2) is 0 Å². The quantitative estimate of drug-likeness (QED) is 0.291. The van der Waals surface area contributed by atoms with Crippen molar-refractivity contribution >= 4 is 31.3 Å². The van der Waals surface area contributed by atoms with Crippen molar-refractivity contribution in [2.24, 2.45) is 0 Å². The summed E-state index contributed by atoms with van der Waals surface area (Å²) in [6.07, 6.45) is 0. The van der Waals surface area contributed by atoms with Crippen molar-refractivity contribution in [3.05, 3.63) is 0 Å². The standard InChI is InChI=1S/BH3O3.HI.K.H/c2-1(3)4;;;/h2-4H;1H;;/q;;+1;-1. The van der Waals surface area contributed by atoms with Crippen LogP contribution in [-0.2, 0) is 0 Å². The van der Waals surface area contributed by atoms with Crippen LogP contribution in [0, 0.1) is 0 Å². The van der Waals surface area contributed by atoms with Gasteiger partial charge in [0.2, 0.25) is 0 Å². The molecule has 0 fully saturated rings. The Morgan fingerprint density at radius 1 is 1.17 bits per heavy atom. The third-order valence-electron chi connectivity index (χ3n) is 0. The van der Waals surface area contributed by atoms with Crippen molar-refractivity contribution in [1.82, 2.24) is 0 Å². The molecule has 0 unspecified atom stereocenters. The SMILES string of the molecule is I.OB(O)O.[H-].[K+]. The van der Waals surface area contributed by atoms with Crippen molar-refractivity contribution in [1.29, 1.82) is 0 Å². The summed E-state index contributed by atoms with van der Waals surface area (Å²) in [7, 11) is -2.17. The van der Waals surface area contributed by atoms with Gasteiger partial charge in [-0.1, -0.05) is 0 Å². The first-order valence-electron chi connectivity index (χ1n) is 0.775. The van der Waals surface area contributed by atoms with Gasteiger partial charge in [0, 0.05) is 0 Å². The molecule has 0 spiro atoms. The molecule has 6 heavy (non-hydrogen) atoms. The van der Waals surface area contributed by atoms with Gasteiger partial charge < -0.3 is 16.5 Å². The zero-order valence-corrected chi connectivity index (χ0v) is 8.78. The second-order valence-electron chi connectivity index (χ2n) is 0.346. The topological polar surface area (TPSA) is 60.7 Å². The minimum Gasteiger partial charge on any atom is -1.00 e. The Hall–Kier alpha value is 2.31. The fourth-order valence-corrected chi connectivity index (χ4v) is 0. The Morgan fingerprint density at radius 3 is 1.17 bits per heavy atom. The van der Waals surface area contributed by atoms with E-state index in [-0.39, 0.29) is 76.8 Å². The minimum absolute atomic E-state index is 0. The van der Waals surface area contributed by atoms with Gasteiger partial charge in [-0.2, -0.15) is 0 Å². The van der Waals surface area contributed by atoms with Gasteiger partial charge in [-0.3, -0.25) is 0 Å². The molecule has 34 valence electrons. The van der Waals surface area contributed by atoms with E-state index in [0.29, 0.717) is 0 Å². The maximum Gasteiger partial charge on any atom is 1.00 e. The molecule has 0 radical (unpaired) electrons. The maximum atomic E-state index is 7.17. The molecule has 6 heteroatoms. The third kappa shape index (κ3) is 33.3.